The Hall–Kier alpha value is -1.35. The molecule has 0 saturated carbocycles. The maximum absolute atomic E-state index is 12.5. The maximum atomic E-state index is 12.5. The van der Waals surface area contributed by atoms with Crippen LogP contribution in [0.2, 0.25) is 0 Å². The highest BCUT2D eigenvalue weighted by molar-refractivity contribution is 5.94. The van der Waals surface area contributed by atoms with Crippen LogP contribution in [0.4, 0.5) is 0 Å². The van der Waals surface area contributed by atoms with Crippen molar-refractivity contribution in [3.05, 3.63) is 34.9 Å². The van der Waals surface area contributed by atoms with E-state index in [1.165, 1.54) is 11.1 Å². The molecular weight excluding hydrogens is 224 g/mol. The first-order chi connectivity index (χ1) is 8.63. The lowest BCUT2D eigenvalue weighted by molar-refractivity contribution is 0.0737. The third kappa shape index (κ3) is 2.56. The van der Waals surface area contributed by atoms with Crippen molar-refractivity contribution in [1.82, 2.24) is 10.2 Å². The molecular formula is C15H22N2O. The van der Waals surface area contributed by atoms with E-state index >= 15 is 0 Å². The molecule has 0 aromatic heterocycles. The molecule has 1 aliphatic rings. The van der Waals surface area contributed by atoms with Crippen LogP contribution in [0.15, 0.2) is 18.2 Å². The second-order valence-corrected chi connectivity index (χ2v) is 5.15. The van der Waals surface area contributed by atoms with Gasteiger partial charge in [-0.15, -0.1) is 0 Å². The third-order valence-corrected chi connectivity index (χ3v) is 3.83. The molecule has 1 amide bonds. The summed E-state index contributed by atoms with van der Waals surface area (Å²) in [6, 6.07) is 6.33. The lowest BCUT2D eigenvalue weighted by atomic mass is 10.1. The topological polar surface area (TPSA) is 32.3 Å². The minimum atomic E-state index is 0.177. The number of nitrogens with zero attached hydrogens (tertiary/aromatic N) is 1. The molecule has 1 aromatic carbocycles. The summed E-state index contributed by atoms with van der Waals surface area (Å²) in [4.78, 5) is 14.5. The number of aryl methyl sites for hydroxylation is 2. The van der Waals surface area contributed by atoms with Gasteiger partial charge in [0, 0.05) is 24.7 Å². The van der Waals surface area contributed by atoms with Crippen molar-refractivity contribution in [2.24, 2.45) is 0 Å². The number of hydrogen-bond acceptors (Lipinski definition) is 2. The highest BCUT2D eigenvalue weighted by Gasteiger charge is 2.28. The zero-order chi connectivity index (χ0) is 13.1. The fourth-order valence-corrected chi connectivity index (χ4v) is 2.59. The molecule has 1 N–H and O–H groups in total. The maximum Gasteiger partial charge on any atom is 0.254 e. The molecule has 98 valence electrons. The smallest absolute Gasteiger partial charge is 0.254 e. The number of amides is 1. The van der Waals surface area contributed by atoms with Crippen molar-refractivity contribution in [2.45, 2.75) is 32.7 Å². The van der Waals surface area contributed by atoms with Crippen molar-refractivity contribution in [2.75, 3.05) is 20.1 Å². The highest BCUT2D eigenvalue weighted by Crippen LogP contribution is 2.20. The molecule has 18 heavy (non-hydrogen) atoms. The van der Waals surface area contributed by atoms with E-state index in [0.717, 1.165) is 31.5 Å². The molecule has 3 heteroatoms. The van der Waals surface area contributed by atoms with Crippen LogP contribution in [0.5, 0.6) is 0 Å². The minimum absolute atomic E-state index is 0.177. The number of nitrogens with one attached hydrogen (secondary N) is 1. The molecule has 0 radical (unpaired) electrons. The van der Waals surface area contributed by atoms with E-state index in [0.29, 0.717) is 6.04 Å². The predicted molar refractivity (Wildman–Crippen MR) is 73.9 cm³/mol. The first kappa shape index (κ1) is 13.1. The third-order valence-electron chi connectivity index (χ3n) is 3.83. The summed E-state index contributed by atoms with van der Waals surface area (Å²) in [5.41, 5.74) is 3.24. The van der Waals surface area contributed by atoms with Crippen LogP contribution in [-0.4, -0.2) is 37.0 Å². The summed E-state index contributed by atoms with van der Waals surface area (Å²) >= 11 is 0. The quantitative estimate of drug-likeness (QED) is 0.886. The Morgan fingerprint density at radius 2 is 2.17 bits per heavy atom. The molecule has 1 aromatic rings. The molecule has 1 fully saturated rings. The summed E-state index contributed by atoms with van der Waals surface area (Å²) in [5.74, 6) is 0.177. The minimum Gasteiger partial charge on any atom is -0.334 e. The molecule has 1 atom stereocenters. The van der Waals surface area contributed by atoms with Crippen LogP contribution >= 0.6 is 0 Å². The van der Waals surface area contributed by atoms with E-state index in [1.807, 2.05) is 30.1 Å². The molecule has 0 spiro atoms. The van der Waals surface area contributed by atoms with Crippen LogP contribution in [-0.2, 0) is 0 Å². The Balaban J connectivity index is 2.17. The number of carbonyl (C=O) groups is 1. The molecule has 1 aliphatic heterocycles. The van der Waals surface area contributed by atoms with Gasteiger partial charge in [0.15, 0.2) is 0 Å². The van der Waals surface area contributed by atoms with E-state index in [-0.39, 0.29) is 5.91 Å². The molecule has 0 unspecified atom stereocenters. The van der Waals surface area contributed by atoms with Gasteiger partial charge in [-0.05, 0) is 57.0 Å². The molecule has 2 rings (SSSR count). The van der Waals surface area contributed by atoms with Gasteiger partial charge in [-0.3, -0.25) is 4.79 Å². The SMILES string of the molecule is CNC[C@@H]1CCCN1C(=O)c1ccc(C)c(C)c1. The molecule has 3 nitrogen and oxygen atoms in total. The van der Waals surface area contributed by atoms with Gasteiger partial charge < -0.3 is 10.2 Å². The van der Waals surface area contributed by atoms with E-state index < -0.39 is 0 Å². The van der Waals surface area contributed by atoms with Gasteiger partial charge in [-0.2, -0.15) is 0 Å². The van der Waals surface area contributed by atoms with Gasteiger partial charge in [0.25, 0.3) is 5.91 Å². The Kier molecular flexibility index (Phi) is 4.02. The molecule has 0 aliphatic carbocycles. The number of likely N-dealkylation sites (N-methyl/N-ethyl adjacent to an activating group) is 1. The first-order valence-electron chi connectivity index (χ1n) is 6.66. The van der Waals surface area contributed by atoms with E-state index in [1.54, 1.807) is 0 Å². The summed E-state index contributed by atoms with van der Waals surface area (Å²) in [6.07, 6.45) is 2.22. The summed E-state index contributed by atoms with van der Waals surface area (Å²) in [7, 11) is 1.94. The average molecular weight is 246 g/mol. The van der Waals surface area contributed by atoms with Gasteiger partial charge in [0.05, 0.1) is 0 Å². The summed E-state index contributed by atoms with van der Waals surface area (Å²) in [6.45, 7) is 5.90. The van der Waals surface area contributed by atoms with Gasteiger partial charge >= 0.3 is 0 Å². The number of rotatable bonds is 3. The zero-order valence-corrected chi connectivity index (χ0v) is 11.5. The molecule has 1 saturated heterocycles. The van der Waals surface area contributed by atoms with Gasteiger partial charge in [0.2, 0.25) is 0 Å². The fraction of sp³-hybridized carbons (Fsp3) is 0.533. The lowest BCUT2D eigenvalue weighted by Gasteiger charge is -2.24. The summed E-state index contributed by atoms with van der Waals surface area (Å²) < 4.78 is 0. The molecule has 1 heterocycles. The number of carbonyl (C=O) groups excluding carboxylic acids is 1. The van der Waals surface area contributed by atoms with Crippen molar-refractivity contribution in [3.63, 3.8) is 0 Å². The van der Waals surface area contributed by atoms with Crippen molar-refractivity contribution in [3.8, 4) is 0 Å². The van der Waals surface area contributed by atoms with Crippen molar-refractivity contribution < 1.29 is 4.79 Å². The highest BCUT2D eigenvalue weighted by atomic mass is 16.2. The Morgan fingerprint density at radius 3 is 2.83 bits per heavy atom. The van der Waals surface area contributed by atoms with Crippen LogP contribution in [0.3, 0.4) is 0 Å². The van der Waals surface area contributed by atoms with E-state index in [2.05, 4.69) is 19.2 Å². The van der Waals surface area contributed by atoms with Crippen molar-refractivity contribution >= 4 is 5.91 Å². The standard InChI is InChI=1S/C15H22N2O/c1-11-6-7-13(9-12(11)2)15(18)17-8-4-5-14(17)10-16-3/h6-7,9,14,16H,4-5,8,10H2,1-3H3/t14-/m0/s1. The Labute approximate surface area is 109 Å². The second-order valence-electron chi connectivity index (χ2n) is 5.15. The number of benzene rings is 1. The van der Waals surface area contributed by atoms with Crippen LogP contribution in [0.25, 0.3) is 0 Å². The van der Waals surface area contributed by atoms with Crippen LogP contribution < -0.4 is 5.32 Å². The zero-order valence-electron chi connectivity index (χ0n) is 11.5. The first-order valence-corrected chi connectivity index (χ1v) is 6.66. The van der Waals surface area contributed by atoms with E-state index in [4.69, 9.17) is 0 Å². The Bertz CT molecular complexity index is 442. The second kappa shape index (κ2) is 5.53. The molecule has 0 bridgehead atoms. The van der Waals surface area contributed by atoms with Gasteiger partial charge in [-0.25, -0.2) is 0 Å². The average Bonchev–Trinajstić information content (AvgIpc) is 2.80. The van der Waals surface area contributed by atoms with Crippen LogP contribution in [0.1, 0.15) is 34.3 Å². The normalized spacial score (nSPS) is 19.3. The number of likely N-dealkylation sites (tertiary alicyclic amines) is 1. The van der Waals surface area contributed by atoms with Gasteiger partial charge in [-0.1, -0.05) is 6.07 Å². The fourth-order valence-electron chi connectivity index (χ4n) is 2.59. The van der Waals surface area contributed by atoms with Gasteiger partial charge in [0.1, 0.15) is 0 Å². The van der Waals surface area contributed by atoms with Crippen LogP contribution in [0, 0.1) is 13.8 Å². The largest absolute Gasteiger partial charge is 0.334 e. The number of hydrogen-bond donors (Lipinski definition) is 1. The summed E-state index contributed by atoms with van der Waals surface area (Å²) in [5, 5.41) is 3.17. The Morgan fingerprint density at radius 1 is 1.39 bits per heavy atom. The van der Waals surface area contributed by atoms with E-state index in [9.17, 15) is 4.79 Å². The monoisotopic (exact) mass is 246 g/mol. The predicted octanol–water partition coefficient (Wildman–Crippen LogP) is 2.13. The lowest BCUT2D eigenvalue weighted by Crippen LogP contribution is -2.40. The van der Waals surface area contributed by atoms with Crippen molar-refractivity contribution in [1.29, 1.82) is 0 Å².